The fraction of sp³-hybridized carbons (Fsp3) is 0.259. The molecule has 2 aromatic heterocycles. The SMILES string of the molecule is O=C(CCc1ccc(-c2ccccc2)o1)NC1CCCc2c1cnn2Cc1ccccc1. The van der Waals surface area contributed by atoms with Crippen molar-refractivity contribution in [2.45, 2.75) is 44.7 Å². The highest BCUT2D eigenvalue weighted by Gasteiger charge is 2.25. The van der Waals surface area contributed by atoms with Crippen LogP contribution in [0, 0.1) is 0 Å². The van der Waals surface area contributed by atoms with Crippen molar-refractivity contribution in [2.24, 2.45) is 0 Å². The zero-order chi connectivity index (χ0) is 21.8. The van der Waals surface area contributed by atoms with E-state index in [1.54, 1.807) is 0 Å². The molecule has 1 aliphatic carbocycles. The number of fused-ring (bicyclic) bond motifs is 1. The van der Waals surface area contributed by atoms with Gasteiger partial charge < -0.3 is 9.73 Å². The second-order valence-corrected chi connectivity index (χ2v) is 8.33. The Morgan fingerprint density at radius 1 is 1.03 bits per heavy atom. The Bertz CT molecular complexity index is 1180. The van der Waals surface area contributed by atoms with Gasteiger partial charge in [-0.2, -0.15) is 5.10 Å². The molecule has 0 radical (unpaired) electrons. The van der Waals surface area contributed by atoms with E-state index in [4.69, 9.17) is 4.42 Å². The Kier molecular flexibility index (Phi) is 5.88. The lowest BCUT2D eigenvalue weighted by Crippen LogP contribution is -2.31. The van der Waals surface area contributed by atoms with Crippen LogP contribution in [0.15, 0.2) is 83.4 Å². The molecule has 0 saturated heterocycles. The van der Waals surface area contributed by atoms with Gasteiger partial charge in [0.15, 0.2) is 0 Å². The van der Waals surface area contributed by atoms with Crippen molar-refractivity contribution in [3.8, 4) is 11.3 Å². The standard InChI is InChI=1S/C27H27N3O2/c31-27(17-15-22-14-16-26(32-22)21-10-5-2-6-11-21)29-24-12-7-13-25-23(24)18-28-30(25)19-20-8-3-1-4-9-20/h1-6,8-11,14,16,18,24H,7,12-13,15,17,19H2,(H,29,31). The van der Waals surface area contributed by atoms with Crippen molar-refractivity contribution in [1.82, 2.24) is 15.1 Å². The topological polar surface area (TPSA) is 60.1 Å². The van der Waals surface area contributed by atoms with Crippen LogP contribution in [0.2, 0.25) is 0 Å². The summed E-state index contributed by atoms with van der Waals surface area (Å²) < 4.78 is 8.01. The number of furan rings is 1. The van der Waals surface area contributed by atoms with Crippen LogP contribution in [0.5, 0.6) is 0 Å². The quantitative estimate of drug-likeness (QED) is 0.436. The zero-order valence-corrected chi connectivity index (χ0v) is 18.0. The van der Waals surface area contributed by atoms with Crippen molar-refractivity contribution >= 4 is 5.91 Å². The minimum atomic E-state index is 0.0345. The van der Waals surface area contributed by atoms with E-state index in [-0.39, 0.29) is 11.9 Å². The van der Waals surface area contributed by atoms with Gasteiger partial charge in [0.05, 0.1) is 18.8 Å². The van der Waals surface area contributed by atoms with Gasteiger partial charge in [-0.15, -0.1) is 0 Å². The van der Waals surface area contributed by atoms with E-state index in [0.29, 0.717) is 12.8 Å². The highest BCUT2D eigenvalue weighted by molar-refractivity contribution is 5.76. The van der Waals surface area contributed by atoms with Gasteiger partial charge in [-0.05, 0) is 37.0 Å². The molecule has 1 unspecified atom stereocenters. The molecule has 0 aliphatic heterocycles. The molecular weight excluding hydrogens is 398 g/mol. The summed E-state index contributed by atoms with van der Waals surface area (Å²) >= 11 is 0. The van der Waals surface area contributed by atoms with E-state index in [1.165, 1.54) is 11.3 Å². The summed E-state index contributed by atoms with van der Waals surface area (Å²) in [5.41, 5.74) is 4.68. The number of aromatic nitrogens is 2. The molecule has 1 atom stereocenters. The fourth-order valence-electron chi connectivity index (χ4n) is 4.43. The van der Waals surface area contributed by atoms with Gasteiger partial charge in [-0.3, -0.25) is 9.48 Å². The number of nitrogens with one attached hydrogen (secondary N) is 1. The average Bonchev–Trinajstić information content (AvgIpc) is 3.47. The van der Waals surface area contributed by atoms with Crippen LogP contribution >= 0.6 is 0 Å². The summed E-state index contributed by atoms with van der Waals surface area (Å²) in [5.74, 6) is 1.72. The summed E-state index contributed by atoms with van der Waals surface area (Å²) in [5, 5.41) is 7.85. The number of hydrogen-bond acceptors (Lipinski definition) is 3. The second kappa shape index (κ2) is 9.27. The minimum Gasteiger partial charge on any atom is -0.461 e. The first-order valence-corrected chi connectivity index (χ1v) is 11.3. The number of hydrogen-bond donors (Lipinski definition) is 1. The molecule has 5 heteroatoms. The Morgan fingerprint density at radius 3 is 2.62 bits per heavy atom. The molecule has 32 heavy (non-hydrogen) atoms. The molecule has 0 fully saturated rings. The number of amides is 1. The van der Waals surface area contributed by atoms with Crippen LogP contribution in [-0.4, -0.2) is 15.7 Å². The van der Waals surface area contributed by atoms with Crippen LogP contribution < -0.4 is 5.32 Å². The molecule has 0 saturated carbocycles. The second-order valence-electron chi connectivity index (χ2n) is 8.33. The molecule has 1 amide bonds. The smallest absolute Gasteiger partial charge is 0.220 e. The van der Waals surface area contributed by atoms with Crippen molar-refractivity contribution in [2.75, 3.05) is 0 Å². The van der Waals surface area contributed by atoms with E-state index in [2.05, 4.69) is 39.4 Å². The molecule has 5 rings (SSSR count). The lowest BCUT2D eigenvalue weighted by molar-refractivity contribution is -0.122. The Balaban J connectivity index is 1.19. The number of carbonyl (C=O) groups excluding carboxylic acids is 1. The van der Waals surface area contributed by atoms with Crippen molar-refractivity contribution < 1.29 is 9.21 Å². The van der Waals surface area contributed by atoms with Gasteiger partial charge in [0.25, 0.3) is 0 Å². The predicted molar refractivity (Wildman–Crippen MR) is 124 cm³/mol. The molecule has 4 aromatic rings. The van der Waals surface area contributed by atoms with Crippen LogP contribution in [0.4, 0.5) is 0 Å². The third-order valence-corrected chi connectivity index (χ3v) is 6.09. The van der Waals surface area contributed by atoms with E-state index >= 15 is 0 Å². The molecule has 1 aliphatic rings. The number of carbonyl (C=O) groups is 1. The molecule has 1 N–H and O–H groups in total. The Hall–Kier alpha value is -3.60. The number of benzene rings is 2. The predicted octanol–water partition coefficient (Wildman–Crippen LogP) is 5.32. The lowest BCUT2D eigenvalue weighted by atomic mass is 9.92. The number of aryl methyl sites for hydroxylation is 1. The van der Waals surface area contributed by atoms with E-state index in [1.807, 2.05) is 54.7 Å². The molecule has 2 aromatic carbocycles. The third-order valence-electron chi connectivity index (χ3n) is 6.09. The maximum absolute atomic E-state index is 12.7. The maximum atomic E-state index is 12.7. The molecule has 162 valence electrons. The maximum Gasteiger partial charge on any atom is 0.220 e. The lowest BCUT2D eigenvalue weighted by Gasteiger charge is -2.24. The van der Waals surface area contributed by atoms with Gasteiger partial charge in [0.1, 0.15) is 11.5 Å². The highest BCUT2D eigenvalue weighted by Crippen LogP contribution is 2.30. The summed E-state index contributed by atoms with van der Waals surface area (Å²) in [4.78, 5) is 12.7. The normalized spacial score (nSPS) is 15.3. The first-order valence-electron chi connectivity index (χ1n) is 11.3. The summed E-state index contributed by atoms with van der Waals surface area (Å²) in [6, 6.07) is 24.3. The van der Waals surface area contributed by atoms with Crippen molar-refractivity contribution in [1.29, 1.82) is 0 Å². The van der Waals surface area contributed by atoms with E-state index < -0.39 is 0 Å². The van der Waals surface area contributed by atoms with Gasteiger partial charge in [-0.25, -0.2) is 0 Å². The molecular formula is C27H27N3O2. The van der Waals surface area contributed by atoms with E-state index in [0.717, 1.165) is 48.5 Å². The van der Waals surface area contributed by atoms with Gasteiger partial charge >= 0.3 is 0 Å². The zero-order valence-electron chi connectivity index (χ0n) is 18.0. The van der Waals surface area contributed by atoms with Crippen LogP contribution in [0.3, 0.4) is 0 Å². The first-order chi connectivity index (χ1) is 15.8. The van der Waals surface area contributed by atoms with Crippen molar-refractivity contribution in [3.05, 3.63) is 102 Å². The molecule has 2 heterocycles. The Morgan fingerprint density at radius 2 is 1.81 bits per heavy atom. The fourth-order valence-corrected chi connectivity index (χ4v) is 4.43. The van der Waals surface area contributed by atoms with Crippen LogP contribution in [0.25, 0.3) is 11.3 Å². The number of nitrogens with zero attached hydrogens (tertiary/aromatic N) is 2. The van der Waals surface area contributed by atoms with Crippen LogP contribution in [-0.2, 0) is 24.2 Å². The number of rotatable bonds is 7. The average molecular weight is 426 g/mol. The minimum absolute atomic E-state index is 0.0345. The van der Waals surface area contributed by atoms with Gasteiger partial charge in [-0.1, -0.05) is 60.7 Å². The van der Waals surface area contributed by atoms with Crippen molar-refractivity contribution in [3.63, 3.8) is 0 Å². The largest absolute Gasteiger partial charge is 0.461 e. The van der Waals surface area contributed by atoms with Gasteiger partial charge in [0.2, 0.25) is 5.91 Å². The van der Waals surface area contributed by atoms with Crippen LogP contribution in [0.1, 0.15) is 47.9 Å². The third kappa shape index (κ3) is 4.52. The summed E-state index contributed by atoms with van der Waals surface area (Å²) in [6.07, 6.45) is 5.94. The monoisotopic (exact) mass is 425 g/mol. The van der Waals surface area contributed by atoms with Gasteiger partial charge in [0, 0.05) is 29.7 Å². The summed E-state index contributed by atoms with van der Waals surface area (Å²) in [7, 11) is 0. The Labute approximate surface area is 188 Å². The molecule has 0 bridgehead atoms. The first kappa shape index (κ1) is 20.3. The summed E-state index contributed by atoms with van der Waals surface area (Å²) in [6.45, 7) is 0.763. The highest BCUT2D eigenvalue weighted by atomic mass is 16.3. The van der Waals surface area contributed by atoms with E-state index in [9.17, 15) is 4.79 Å². The molecule has 5 nitrogen and oxygen atoms in total. The molecule has 0 spiro atoms.